The molecule has 0 spiro atoms. The fraction of sp³-hybridized carbons (Fsp3) is 0.471. The molecule has 26 heavy (non-hydrogen) atoms. The Labute approximate surface area is 157 Å². The molecular weight excluding hydrogens is 376 g/mol. The van der Waals surface area contributed by atoms with Crippen molar-refractivity contribution in [2.24, 2.45) is 11.7 Å². The highest BCUT2D eigenvalue weighted by Gasteiger charge is 2.31. The molecule has 2 atom stereocenters. The Balaban J connectivity index is 1.99. The number of nitrogens with one attached hydrogen (secondary N) is 2. The lowest BCUT2D eigenvalue weighted by Crippen LogP contribution is -2.45. The molecule has 1 aliphatic heterocycles. The smallest absolute Gasteiger partial charge is 0.266 e. The molecule has 1 aliphatic rings. The van der Waals surface area contributed by atoms with Crippen LogP contribution in [-0.4, -0.2) is 50.4 Å². The number of amides is 1. The van der Waals surface area contributed by atoms with E-state index in [0.717, 1.165) is 25.9 Å². The summed E-state index contributed by atoms with van der Waals surface area (Å²) in [7, 11) is -1.93. The maximum atomic E-state index is 13.1. The topological polar surface area (TPSA) is 108 Å². The Morgan fingerprint density at radius 3 is 2.85 bits per heavy atom. The van der Waals surface area contributed by atoms with Crippen molar-refractivity contribution in [3.63, 3.8) is 0 Å². The highest BCUT2D eigenvalue weighted by molar-refractivity contribution is 7.89. The van der Waals surface area contributed by atoms with Gasteiger partial charge in [0.2, 0.25) is 10.0 Å². The van der Waals surface area contributed by atoms with Crippen LogP contribution in [0.2, 0.25) is 5.02 Å². The predicted octanol–water partition coefficient (Wildman–Crippen LogP) is 1.93. The molecule has 2 heterocycles. The SMILES string of the molecule is CC(NS(=O)(=O)c1c(C(N)=O)[nH]c2ccc(Cl)cc12)C1CCCN(C)C1. The molecule has 1 fully saturated rings. The first kappa shape index (κ1) is 19.2. The molecule has 1 saturated heterocycles. The summed E-state index contributed by atoms with van der Waals surface area (Å²) < 4.78 is 28.9. The normalized spacial score (nSPS) is 20.3. The maximum absolute atomic E-state index is 13.1. The van der Waals surface area contributed by atoms with Gasteiger partial charge in [-0.05, 0) is 57.5 Å². The van der Waals surface area contributed by atoms with Crippen LogP contribution in [0.3, 0.4) is 0 Å². The van der Waals surface area contributed by atoms with E-state index in [-0.39, 0.29) is 22.5 Å². The zero-order valence-electron chi connectivity index (χ0n) is 14.8. The third kappa shape index (κ3) is 3.73. The Bertz CT molecular complexity index is 941. The number of aromatic amines is 1. The van der Waals surface area contributed by atoms with Gasteiger partial charge in [-0.25, -0.2) is 13.1 Å². The van der Waals surface area contributed by atoms with Crippen molar-refractivity contribution in [1.29, 1.82) is 0 Å². The summed E-state index contributed by atoms with van der Waals surface area (Å²) in [5.41, 5.74) is 5.76. The first-order valence-electron chi connectivity index (χ1n) is 8.51. The van der Waals surface area contributed by atoms with Crippen LogP contribution >= 0.6 is 11.6 Å². The van der Waals surface area contributed by atoms with E-state index in [1.165, 1.54) is 6.07 Å². The summed E-state index contributed by atoms with van der Waals surface area (Å²) >= 11 is 6.02. The molecule has 0 aliphatic carbocycles. The Morgan fingerprint density at radius 2 is 2.19 bits per heavy atom. The number of fused-ring (bicyclic) bond motifs is 1. The van der Waals surface area contributed by atoms with Gasteiger partial charge in [-0.15, -0.1) is 0 Å². The van der Waals surface area contributed by atoms with Crippen molar-refractivity contribution in [2.75, 3.05) is 20.1 Å². The van der Waals surface area contributed by atoms with Gasteiger partial charge in [0.05, 0.1) is 0 Å². The number of aromatic nitrogens is 1. The van der Waals surface area contributed by atoms with Gasteiger partial charge in [0.1, 0.15) is 10.6 Å². The molecule has 0 radical (unpaired) electrons. The number of sulfonamides is 1. The number of hydrogen-bond donors (Lipinski definition) is 3. The summed E-state index contributed by atoms with van der Waals surface area (Å²) in [5, 5.41) is 0.734. The van der Waals surface area contributed by atoms with Gasteiger partial charge in [0.15, 0.2) is 0 Å². The lowest BCUT2D eigenvalue weighted by molar-refractivity contribution is 0.0993. The molecule has 1 amide bonds. The number of nitrogens with two attached hydrogens (primary N) is 1. The Kier molecular flexibility index (Phi) is 5.30. The number of benzene rings is 1. The summed E-state index contributed by atoms with van der Waals surface area (Å²) in [6, 6.07) is 4.50. The minimum atomic E-state index is -3.96. The van der Waals surface area contributed by atoms with Gasteiger partial charge in [-0.1, -0.05) is 11.6 Å². The number of carbonyl (C=O) groups excluding carboxylic acids is 1. The first-order valence-corrected chi connectivity index (χ1v) is 10.4. The second-order valence-electron chi connectivity index (χ2n) is 6.96. The number of hydrogen-bond acceptors (Lipinski definition) is 4. The van der Waals surface area contributed by atoms with E-state index in [1.54, 1.807) is 12.1 Å². The number of H-pyrrole nitrogens is 1. The fourth-order valence-corrected chi connectivity index (χ4v) is 5.46. The van der Waals surface area contributed by atoms with Crippen LogP contribution in [0.15, 0.2) is 23.1 Å². The average Bonchev–Trinajstić information content (AvgIpc) is 2.94. The molecule has 0 bridgehead atoms. The van der Waals surface area contributed by atoms with Crippen LogP contribution in [0.1, 0.15) is 30.3 Å². The van der Waals surface area contributed by atoms with E-state index < -0.39 is 15.9 Å². The molecule has 2 aromatic rings. The third-order valence-corrected chi connectivity index (χ3v) is 6.82. The van der Waals surface area contributed by atoms with Crippen LogP contribution in [0, 0.1) is 5.92 Å². The zero-order valence-corrected chi connectivity index (χ0v) is 16.3. The molecule has 3 rings (SSSR count). The van der Waals surface area contributed by atoms with Crippen molar-refractivity contribution >= 4 is 38.4 Å². The van der Waals surface area contributed by atoms with E-state index in [2.05, 4.69) is 14.6 Å². The second-order valence-corrected chi connectivity index (χ2v) is 9.05. The highest BCUT2D eigenvalue weighted by atomic mass is 35.5. The molecule has 1 aromatic carbocycles. The molecule has 4 N–H and O–H groups in total. The van der Waals surface area contributed by atoms with Gasteiger partial charge in [0.25, 0.3) is 5.91 Å². The average molecular weight is 399 g/mol. The van der Waals surface area contributed by atoms with E-state index in [1.807, 2.05) is 14.0 Å². The van der Waals surface area contributed by atoms with Gasteiger partial charge >= 0.3 is 0 Å². The quantitative estimate of drug-likeness (QED) is 0.714. The summed E-state index contributed by atoms with van der Waals surface area (Å²) in [6.45, 7) is 3.70. The van der Waals surface area contributed by atoms with Crippen LogP contribution in [0.4, 0.5) is 0 Å². The van der Waals surface area contributed by atoms with E-state index in [4.69, 9.17) is 17.3 Å². The highest BCUT2D eigenvalue weighted by Crippen LogP contribution is 2.30. The number of carbonyl (C=O) groups is 1. The van der Waals surface area contributed by atoms with Gasteiger partial charge < -0.3 is 15.6 Å². The second kappa shape index (κ2) is 7.19. The number of piperidine rings is 1. The van der Waals surface area contributed by atoms with Crippen molar-refractivity contribution in [3.8, 4) is 0 Å². The Hall–Kier alpha value is -1.61. The number of halogens is 1. The van der Waals surface area contributed by atoms with Gasteiger partial charge in [-0.2, -0.15) is 0 Å². The van der Waals surface area contributed by atoms with Crippen molar-refractivity contribution in [2.45, 2.75) is 30.7 Å². The summed E-state index contributed by atoms with van der Waals surface area (Å²) in [4.78, 5) is 16.7. The summed E-state index contributed by atoms with van der Waals surface area (Å²) in [5.74, 6) is -0.628. The number of nitrogens with zero attached hydrogens (tertiary/aromatic N) is 1. The van der Waals surface area contributed by atoms with E-state index >= 15 is 0 Å². The minimum Gasteiger partial charge on any atom is -0.364 e. The zero-order chi connectivity index (χ0) is 19.1. The predicted molar refractivity (Wildman–Crippen MR) is 102 cm³/mol. The molecule has 142 valence electrons. The number of likely N-dealkylation sites (tertiary alicyclic amines) is 1. The standard InChI is InChI=1S/C17H23ClN4O3S/c1-10(11-4-3-7-22(2)9-11)21-26(24,25)16-13-8-12(18)5-6-14(13)20-15(16)17(19)23/h5-6,8,10-11,20-21H,3-4,7,9H2,1-2H3,(H2,19,23). The van der Waals surface area contributed by atoms with Crippen LogP contribution < -0.4 is 10.5 Å². The lowest BCUT2D eigenvalue weighted by atomic mass is 9.92. The van der Waals surface area contributed by atoms with E-state index in [9.17, 15) is 13.2 Å². The molecule has 2 unspecified atom stereocenters. The molecule has 1 aromatic heterocycles. The van der Waals surface area contributed by atoms with Crippen LogP contribution in [0.5, 0.6) is 0 Å². The Morgan fingerprint density at radius 1 is 1.46 bits per heavy atom. The molecule has 9 heteroatoms. The number of primary amides is 1. The third-order valence-electron chi connectivity index (χ3n) is 4.94. The van der Waals surface area contributed by atoms with Crippen molar-refractivity contribution < 1.29 is 13.2 Å². The van der Waals surface area contributed by atoms with Gasteiger partial charge in [-0.3, -0.25) is 4.79 Å². The van der Waals surface area contributed by atoms with E-state index in [0.29, 0.717) is 15.9 Å². The molecular formula is C17H23ClN4O3S. The first-order chi connectivity index (χ1) is 12.2. The molecule has 0 saturated carbocycles. The van der Waals surface area contributed by atoms with Crippen molar-refractivity contribution in [3.05, 3.63) is 28.9 Å². The molecule has 7 nitrogen and oxygen atoms in total. The minimum absolute atomic E-state index is 0.136. The van der Waals surface area contributed by atoms with Crippen molar-refractivity contribution in [1.82, 2.24) is 14.6 Å². The fourth-order valence-electron chi connectivity index (χ4n) is 3.61. The monoisotopic (exact) mass is 398 g/mol. The van der Waals surface area contributed by atoms with Crippen LogP contribution in [0.25, 0.3) is 10.9 Å². The lowest BCUT2D eigenvalue weighted by Gasteiger charge is -2.33. The summed E-state index contributed by atoms with van der Waals surface area (Å²) in [6.07, 6.45) is 1.98. The maximum Gasteiger partial charge on any atom is 0.266 e. The number of rotatable bonds is 5. The van der Waals surface area contributed by atoms with Gasteiger partial charge in [0, 0.05) is 28.5 Å². The van der Waals surface area contributed by atoms with Crippen LogP contribution in [-0.2, 0) is 10.0 Å². The largest absolute Gasteiger partial charge is 0.364 e.